The summed E-state index contributed by atoms with van der Waals surface area (Å²) in [6, 6.07) is 4.94. The van der Waals surface area contributed by atoms with E-state index in [1.165, 1.54) is 7.11 Å². The van der Waals surface area contributed by atoms with Crippen LogP contribution in [-0.2, 0) is 4.79 Å². The number of aromatic nitrogens is 3. The number of hydrogen-bond donors (Lipinski definition) is 1. The molecule has 1 fully saturated rings. The molecule has 3 aromatic heterocycles. The van der Waals surface area contributed by atoms with Gasteiger partial charge in [-0.15, -0.1) is 0 Å². The third kappa shape index (κ3) is 2.43. The standard InChI is InChI=1S/C24H21N5O4/c1-11-15-7-26-22-19(15)21-16(8-27-22)13-4-17(32-2)18(33-3)5-14(13)23(30)29(21)20(11)24(31)28-9-12(6-25)10-28/h4-5,7-8,11-12,20H,9-10H2,1-3H3,(H,26,27)/t11?,20-/m1/s1. The fourth-order valence-electron chi connectivity index (χ4n) is 5.33. The van der Waals surface area contributed by atoms with Gasteiger partial charge in [0.25, 0.3) is 5.56 Å². The fraction of sp³-hybridized carbons (Fsp3) is 0.333. The lowest BCUT2D eigenvalue weighted by Gasteiger charge is -2.40. The maximum atomic E-state index is 14.0. The molecule has 2 aliphatic rings. The molecule has 2 atom stereocenters. The maximum Gasteiger partial charge on any atom is 0.259 e. The molecule has 1 saturated heterocycles. The molecular formula is C24H21N5O4. The predicted molar refractivity (Wildman–Crippen MR) is 122 cm³/mol. The number of ether oxygens (including phenoxy) is 2. The lowest BCUT2D eigenvalue weighted by Crippen LogP contribution is -2.53. The molecule has 1 amide bonds. The number of pyridine rings is 2. The largest absolute Gasteiger partial charge is 0.493 e. The van der Waals surface area contributed by atoms with E-state index in [1.54, 1.807) is 34.9 Å². The number of benzene rings is 1. The zero-order valence-electron chi connectivity index (χ0n) is 18.4. The molecule has 1 aromatic carbocycles. The summed E-state index contributed by atoms with van der Waals surface area (Å²) in [4.78, 5) is 37.1. The van der Waals surface area contributed by atoms with Gasteiger partial charge in [0, 0.05) is 47.6 Å². The van der Waals surface area contributed by atoms with E-state index in [0.717, 1.165) is 16.3 Å². The summed E-state index contributed by atoms with van der Waals surface area (Å²) in [6.07, 6.45) is 3.61. The van der Waals surface area contributed by atoms with Gasteiger partial charge in [-0.05, 0) is 17.7 Å². The fourth-order valence-corrected chi connectivity index (χ4v) is 5.33. The van der Waals surface area contributed by atoms with E-state index < -0.39 is 6.04 Å². The van der Waals surface area contributed by atoms with Crippen LogP contribution in [0.4, 0.5) is 0 Å². The van der Waals surface area contributed by atoms with Crippen LogP contribution in [0.3, 0.4) is 0 Å². The molecule has 5 heterocycles. The first-order valence-electron chi connectivity index (χ1n) is 10.8. The van der Waals surface area contributed by atoms with Crippen LogP contribution in [0.2, 0.25) is 0 Å². The lowest BCUT2D eigenvalue weighted by atomic mass is 9.86. The van der Waals surface area contributed by atoms with Gasteiger partial charge in [-0.3, -0.25) is 14.2 Å². The Hall–Kier alpha value is -4.06. The van der Waals surface area contributed by atoms with Crippen LogP contribution in [0.25, 0.3) is 32.7 Å². The van der Waals surface area contributed by atoms with E-state index in [2.05, 4.69) is 16.0 Å². The summed E-state index contributed by atoms with van der Waals surface area (Å²) >= 11 is 0. The maximum absolute atomic E-state index is 14.0. The average Bonchev–Trinajstić information content (AvgIpc) is 3.24. The molecule has 1 N–H and O–H groups in total. The van der Waals surface area contributed by atoms with Crippen molar-refractivity contribution in [2.75, 3.05) is 27.3 Å². The Morgan fingerprint density at radius 2 is 1.88 bits per heavy atom. The normalized spacial score (nSPS) is 19.8. The number of nitrogens with one attached hydrogen (secondary N) is 1. The van der Waals surface area contributed by atoms with E-state index in [-0.39, 0.29) is 23.3 Å². The second kappa shape index (κ2) is 6.72. The van der Waals surface area contributed by atoms with E-state index in [4.69, 9.17) is 14.7 Å². The van der Waals surface area contributed by atoms with Crippen molar-refractivity contribution in [3.8, 4) is 17.6 Å². The SMILES string of the molecule is COc1cc2c(=O)n3c4c(cnc5[nH]cc(c54)C(C)[C@@H]3C(=O)N3CC(C#N)C3)c2cc1OC. The van der Waals surface area contributed by atoms with Crippen LogP contribution in [0.5, 0.6) is 11.5 Å². The molecule has 33 heavy (non-hydrogen) atoms. The van der Waals surface area contributed by atoms with E-state index >= 15 is 0 Å². The van der Waals surface area contributed by atoms with Crippen molar-refractivity contribution in [3.63, 3.8) is 0 Å². The van der Waals surface area contributed by atoms with Crippen LogP contribution in [0.1, 0.15) is 24.4 Å². The number of carbonyl (C=O) groups excluding carboxylic acids is 1. The monoisotopic (exact) mass is 443 g/mol. The number of rotatable bonds is 3. The van der Waals surface area contributed by atoms with Crippen LogP contribution < -0.4 is 15.0 Å². The van der Waals surface area contributed by atoms with Crippen molar-refractivity contribution in [2.45, 2.75) is 18.9 Å². The minimum Gasteiger partial charge on any atom is -0.493 e. The van der Waals surface area contributed by atoms with Crippen molar-refractivity contribution in [2.24, 2.45) is 5.92 Å². The Balaban J connectivity index is 1.71. The molecule has 0 spiro atoms. The summed E-state index contributed by atoms with van der Waals surface area (Å²) in [5, 5.41) is 11.9. The molecule has 9 heteroatoms. The van der Waals surface area contributed by atoms with Gasteiger partial charge in [0.1, 0.15) is 11.7 Å². The number of amides is 1. The number of hydrogen-bond acceptors (Lipinski definition) is 6. The Morgan fingerprint density at radius 1 is 1.18 bits per heavy atom. The smallest absolute Gasteiger partial charge is 0.259 e. The number of carbonyl (C=O) groups is 1. The summed E-state index contributed by atoms with van der Waals surface area (Å²) in [5.41, 5.74) is 2.06. The minimum atomic E-state index is -0.717. The predicted octanol–water partition coefficient (Wildman–Crippen LogP) is 2.69. The van der Waals surface area contributed by atoms with Gasteiger partial charge >= 0.3 is 0 Å². The van der Waals surface area contributed by atoms with Crippen molar-refractivity contribution >= 4 is 38.6 Å². The molecule has 9 nitrogen and oxygen atoms in total. The first-order chi connectivity index (χ1) is 16.0. The Morgan fingerprint density at radius 3 is 2.55 bits per heavy atom. The zero-order chi connectivity index (χ0) is 23.0. The number of nitrogens with zero attached hydrogens (tertiary/aromatic N) is 4. The number of fused-ring (bicyclic) bond motifs is 2. The number of likely N-dealkylation sites (tertiary alicyclic amines) is 1. The van der Waals surface area contributed by atoms with E-state index in [1.807, 2.05) is 13.1 Å². The van der Waals surface area contributed by atoms with Crippen molar-refractivity contribution < 1.29 is 14.3 Å². The van der Waals surface area contributed by atoms with Gasteiger partial charge in [-0.25, -0.2) is 4.98 Å². The van der Waals surface area contributed by atoms with Gasteiger partial charge in [-0.1, -0.05) is 6.92 Å². The molecule has 0 radical (unpaired) electrons. The van der Waals surface area contributed by atoms with Crippen LogP contribution >= 0.6 is 0 Å². The molecule has 0 aliphatic carbocycles. The van der Waals surface area contributed by atoms with Gasteiger partial charge in [0.15, 0.2) is 11.5 Å². The number of aromatic amines is 1. The zero-order valence-corrected chi connectivity index (χ0v) is 18.4. The summed E-state index contributed by atoms with van der Waals surface area (Å²) in [6.45, 7) is 2.74. The molecule has 0 saturated carbocycles. The van der Waals surface area contributed by atoms with Crippen LogP contribution in [-0.4, -0.2) is 52.7 Å². The molecule has 0 bridgehead atoms. The van der Waals surface area contributed by atoms with Crippen molar-refractivity contribution in [1.82, 2.24) is 19.4 Å². The third-order valence-corrected chi connectivity index (χ3v) is 7.08. The first-order valence-corrected chi connectivity index (χ1v) is 10.8. The van der Waals surface area contributed by atoms with E-state index in [0.29, 0.717) is 46.5 Å². The molecule has 4 aromatic rings. The van der Waals surface area contributed by atoms with Gasteiger partial charge in [0.2, 0.25) is 5.91 Å². The highest BCUT2D eigenvalue weighted by atomic mass is 16.5. The highest BCUT2D eigenvalue weighted by Gasteiger charge is 2.42. The molecular weight excluding hydrogens is 422 g/mol. The second-order valence-electron chi connectivity index (χ2n) is 8.72. The Labute approximate surface area is 188 Å². The molecule has 2 aliphatic heterocycles. The minimum absolute atomic E-state index is 0.144. The highest BCUT2D eigenvalue weighted by Crippen LogP contribution is 2.45. The van der Waals surface area contributed by atoms with Gasteiger partial charge in [-0.2, -0.15) is 5.26 Å². The average molecular weight is 443 g/mol. The van der Waals surface area contributed by atoms with Crippen molar-refractivity contribution in [3.05, 3.63) is 40.4 Å². The first kappa shape index (κ1) is 19.6. The quantitative estimate of drug-likeness (QED) is 0.487. The highest BCUT2D eigenvalue weighted by molar-refractivity contribution is 6.16. The summed E-state index contributed by atoms with van der Waals surface area (Å²) in [7, 11) is 3.07. The van der Waals surface area contributed by atoms with Crippen molar-refractivity contribution in [1.29, 1.82) is 5.26 Å². The Bertz CT molecular complexity index is 1590. The third-order valence-electron chi connectivity index (χ3n) is 7.08. The number of nitriles is 1. The van der Waals surface area contributed by atoms with E-state index in [9.17, 15) is 9.59 Å². The molecule has 1 unspecified atom stereocenters. The lowest BCUT2D eigenvalue weighted by molar-refractivity contribution is -0.140. The molecule has 166 valence electrons. The Kier molecular flexibility index (Phi) is 3.99. The van der Waals surface area contributed by atoms with Gasteiger partial charge < -0.3 is 19.4 Å². The van der Waals surface area contributed by atoms with Crippen LogP contribution in [0, 0.1) is 17.2 Å². The van der Waals surface area contributed by atoms with Crippen LogP contribution in [0.15, 0.2) is 29.3 Å². The molecule has 6 rings (SSSR count). The number of methoxy groups -OCH3 is 2. The summed E-state index contributed by atoms with van der Waals surface area (Å²) < 4.78 is 12.5. The topological polar surface area (TPSA) is 113 Å². The second-order valence-corrected chi connectivity index (χ2v) is 8.72. The van der Waals surface area contributed by atoms with Gasteiger partial charge in [0.05, 0.1) is 37.1 Å². The summed E-state index contributed by atoms with van der Waals surface area (Å²) in [5.74, 6) is 0.404. The number of H-pyrrole nitrogens is 1.